The lowest BCUT2D eigenvalue weighted by Crippen LogP contribution is -2.20. The number of benzene rings is 2. The highest BCUT2D eigenvalue weighted by atomic mass is 16.5. The quantitative estimate of drug-likeness (QED) is 0.350. The molecule has 0 fully saturated rings. The third-order valence-electron chi connectivity index (χ3n) is 3.90. The first kappa shape index (κ1) is 21.9. The number of amides is 1. The molecule has 1 N–H and O–H groups in total. The van der Waals surface area contributed by atoms with Gasteiger partial charge in [0, 0.05) is 11.3 Å². The van der Waals surface area contributed by atoms with Crippen molar-refractivity contribution in [2.45, 2.75) is 26.7 Å². The van der Waals surface area contributed by atoms with E-state index in [1.807, 2.05) is 13.8 Å². The molecule has 0 radical (unpaired) electrons. The fourth-order valence-electron chi connectivity index (χ4n) is 2.41. The lowest BCUT2D eigenvalue weighted by atomic mass is 10.2. The first-order valence-corrected chi connectivity index (χ1v) is 9.49. The molecule has 1 amide bonds. The summed E-state index contributed by atoms with van der Waals surface area (Å²) in [4.78, 5) is 34.9. The SMILES string of the molecule is CCCCOC(=O)c1ccc(NC(=O)COc2ccc(C=O)cc2OCC)cc1. The normalized spacial score (nSPS) is 10.1. The molecule has 0 aliphatic rings. The smallest absolute Gasteiger partial charge is 0.338 e. The van der Waals surface area contributed by atoms with Crippen LogP contribution in [-0.2, 0) is 9.53 Å². The molecule has 0 saturated carbocycles. The molecule has 0 unspecified atom stereocenters. The largest absolute Gasteiger partial charge is 0.490 e. The molecule has 7 heteroatoms. The second kappa shape index (κ2) is 11.5. The third kappa shape index (κ3) is 6.95. The Labute approximate surface area is 170 Å². The Hall–Kier alpha value is -3.35. The number of aldehydes is 1. The standard InChI is InChI=1S/C22H25NO6/c1-3-5-12-28-22(26)17-7-9-18(10-8-17)23-21(25)15-29-19-11-6-16(14-24)13-20(19)27-4-2/h6-11,13-14H,3-5,12,15H2,1-2H3,(H,23,25). The zero-order valence-corrected chi connectivity index (χ0v) is 16.6. The summed E-state index contributed by atoms with van der Waals surface area (Å²) in [6.07, 6.45) is 2.48. The molecule has 0 spiro atoms. The maximum atomic E-state index is 12.1. The Bertz CT molecular complexity index is 832. The van der Waals surface area contributed by atoms with Crippen LogP contribution in [-0.4, -0.2) is 38.0 Å². The summed E-state index contributed by atoms with van der Waals surface area (Å²) in [6, 6.07) is 11.2. The van der Waals surface area contributed by atoms with E-state index in [2.05, 4.69) is 5.32 Å². The zero-order chi connectivity index (χ0) is 21.1. The predicted molar refractivity (Wildman–Crippen MR) is 109 cm³/mol. The van der Waals surface area contributed by atoms with Gasteiger partial charge in [0.05, 0.1) is 18.8 Å². The van der Waals surface area contributed by atoms with Gasteiger partial charge in [0.2, 0.25) is 0 Å². The molecule has 0 aliphatic heterocycles. The summed E-state index contributed by atoms with van der Waals surface area (Å²) in [6.45, 7) is 4.39. The van der Waals surface area contributed by atoms with Gasteiger partial charge in [0.15, 0.2) is 18.1 Å². The van der Waals surface area contributed by atoms with Gasteiger partial charge in [-0.15, -0.1) is 0 Å². The highest BCUT2D eigenvalue weighted by molar-refractivity contribution is 5.93. The fourth-order valence-corrected chi connectivity index (χ4v) is 2.41. The second-order valence-corrected chi connectivity index (χ2v) is 6.16. The lowest BCUT2D eigenvalue weighted by Gasteiger charge is -2.12. The van der Waals surface area contributed by atoms with E-state index in [1.54, 1.807) is 42.5 Å². The molecule has 2 aromatic rings. The average Bonchev–Trinajstić information content (AvgIpc) is 2.73. The van der Waals surface area contributed by atoms with Crippen molar-refractivity contribution in [2.24, 2.45) is 0 Å². The summed E-state index contributed by atoms with van der Waals surface area (Å²) in [5.41, 5.74) is 1.41. The van der Waals surface area contributed by atoms with Crippen LogP contribution in [0.1, 0.15) is 47.4 Å². The number of anilines is 1. The molecule has 154 valence electrons. The van der Waals surface area contributed by atoms with E-state index in [1.165, 1.54) is 0 Å². The van der Waals surface area contributed by atoms with Crippen LogP contribution in [0.3, 0.4) is 0 Å². The number of nitrogens with one attached hydrogen (secondary N) is 1. The van der Waals surface area contributed by atoms with E-state index in [-0.39, 0.29) is 18.5 Å². The topological polar surface area (TPSA) is 90.9 Å². The van der Waals surface area contributed by atoms with Crippen LogP contribution in [0.15, 0.2) is 42.5 Å². The molecule has 0 aliphatic carbocycles. The number of carbonyl (C=O) groups excluding carboxylic acids is 3. The Morgan fingerprint density at radius 3 is 2.41 bits per heavy atom. The van der Waals surface area contributed by atoms with Crippen molar-refractivity contribution in [3.8, 4) is 11.5 Å². The van der Waals surface area contributed by atoms with E-state index >= 15 is 0 Å². The van der Waals surface area contributed by atoms with Crippen LogP contribution >= 0.6 is 0 Å². The fraction of sp³-hybridized carbons (Fsp3) is 0.318. The molecule has 0 heterocycles. The van der Waals surface area contributed by atoms with Crippen LogP contribution in [0.2, 0.25) is 0 Å². The minimum absolute atomic E-state index is 0.235. The first-order chi connectivity index (χ1) is 14.1. The summed E-state index contributed by atoms with van der Waals surface area (Å²) in [5.74, 6) is 0.0145. The Morgan fingerprint density at radius 1 is 1.00 bits per heavy atom. The molecular formula is C22H25NO6. The molecule has 2 rings (SSSR count). The van der Waals surface area contributed by atoms with Crippen LogP contribution in [0, 0.1) is 0 Å². The van der Waals surface area contributed by atoms with Gasteiger partial charge in [-0.25, -0.2) is 4.79 Å². The summed E-state index contributed by atoms with van der Waals surface area (Å²) in [5, 5.41) is 2.69. The molecule has 29 heavy (non-hydrogen) atoms. The number of ether oxygens (including phenoxy) is 3. The highest BCUT2D eigenvalue weighted by Gasteiger charge is 2.11. The van der Waals surface area contributed by atoms with Crippen LogP contribution in [0.5, 0.6) is 11.5 Å². The monoisotopic (exact) mass is 399 g/mol. The van der Waals surface area contributed by atoms with Crippen LogP contribution in [0.4, 0.5) is 5.69 Å². The van der Waals surface area contributed by atoms with Crippen molar-refractivity contribution in [1.82, 2.24) is 0 Å². The van der Waals surface area contributed by atoms with Gasteiger partial charge in [0.25, 0.3) is 5.91 Å². The van der Waals surface area contributed by atoms with E-state index in [0.29, 0.717) is 47.8 Å². The molecule has 7 nitrogen and oxygen atoms in total. The third-order valence-corrected chi connectivity index (χ3v) is 3.90. The van der Waals surface area contributed by atoms with E-state index in [0.717, 1.165) is 12.8 Å². The molecule has 0 bridgehead atoms. The maximum Gasteiger partial charge on any atom is 0.338 e. The van der Waals surface area contributed by atoms with Gasteiger partial charge >= 0.3 is 5.97 Å². The van der Waals surface area contributed by atoms with Gasteiger partial charge in [-0.1, -0.05) is 13.3 Å². The van der Waals surface area contributed by atoms with Gasteiger partial charge in [-0.05, 0) is 55.8 Å². The number of esters is 1. The zero-order valence-electron chi connectivity index (χ0n) is 16.6. The van der Waals surface area contributed by atoms with Crippen LogP contribution in [0.25, 0.3) is 0 Å². The number of rotatable bonds is 11. The van der Waals surface area contributed by atoms with Gasteiger partial charge in [-0.3, -0.25) is 9.59 Å². The van der Waals surface area contributed by atoms with Crippen molar-refractivity contribution >= 4 is 23.9 Å². The van der Waals surface area contributed by atoms with Crippen molar-refractivity contribution in [3.05, 3.63) is 53.6 Å². The number of hydrogen-bond acceptors (Lipinski definition) is 6. The minimum atomic E-state index is -0.387. The molecule has 2 aromatic carbocycles. The Morgan fingerprint density at radius 2 is 1.76 bits per heavy atom. The van der Waals surface area contributed by atoms with E-state index in [9.17, 15) is 14.4 Å². The summed E-state index contributed by atoms with van der Waals surface area (Å²) >= 11 is 0. The van der Waals surface area contributed by atoms with Crippen molar-refractivity contribution in [2.75, 3.05) is 25.1 Å². The molecule has 0 saturated heterocycles. The van der Waals surface area contributed by atoms with Gasteiger partial charge in [-0.2, -0.15) is 0 Å². The summed E-state index contributed by atoms with van der Waals surface area (Å²) < 4.78 is 16.1. The number of hydrogen-bond donors (Lipinski definition) is 1. The predicted octanol–water partition coefficient (Wildman–Crippen LogP) is 3.87. The second-order valence-electron chi connectivity index (χ2n) is 6.16. The maximum absolute atomic E-state index is 12.1. The van der Waals surface area contributed by atoms with Gasteiger partial charge in [0.1, 0.15) is 6.29 Å². The molecule has 0 atom stereocenters. The van der Waals surface area contributed by atoms with Crippen LogP contribution < -0.4 is 14.8 Å². The average molecular weight is 399 g/mol. The lowest BCUT2D eigenvalue weighted by molar-refractivity contribution is -0.118. The van der Waals surface area contributed by atoms with E-state index in [4.69, 9.17) is 14.2 Å². The van der Waals surface area contributed by atoms with Crippen molar-refractivity contribution in [1.29, 1.82) is 0 Å². The first-order valence-electron chi connectivity index (χ1n) is 9.49. The van der Waals surface area contributed by atoms with Crippen molar-refractivity contribution < 1.29 is 28.6 Å². The Balaban J connectivity index is 1.89. The van der Waals surface area contributed by atoms with E-state index < -0.39 is 0 Å². The Kier molecular flexibility index (Phi) is 8.69. The highest BCUT2D eigenvalue weighted by Crippen LogP contribution is 2.28. The number of unbranched alkanes of at least 4 members (excludes halogenated alkanes) is 1. The number of carbonyl (C=O) groups is 3. The minimum Gasteiger partial charge on any atom is -0.490 e. The molecule has 0 aromatic heterocycles. The van der Waals surface area contributed by atoms with Crippen molar-refractivity contribution in [3.63, 3.8) is 0 Å². The molecular weight excluding hydrogens is 374 g/mol. The van der Waals surface area contributed by atoms with Gasteiger partial charge < -0.3 is 19.5 Å². The summed E-state index contributed by atoms with van der Waals surface area (Å²) in [7, 11) is 0.